The van der Waals surface area contributed by atoms with E-state index in [1.165, 1.54) is 6.42 Å². The van der Waals surface area contributed by atoms with Crippen LogP contribution in [0.5, 0.6) is 0 Å². The Kier molecular flexibility index (Phi) is 2.98. The summed E-state index contributed by atoms with van der Waals surface area (Å²) in [6.45, 7) is 4.04. The number of rotatable bonds is 3. The summed E-state index contributed by atoms with van der Waals surface area (Å²) in [6, 6.07) is 0.368. The highest BCUT2D eigenvalue weighted by molar-refractivity contribution is 5.78. The second-order valence-corrected chi connectivity index (χ2v) is 4.83. The van der Waals surface area contributed by atoms with E-state index in [0.717, 1.165) is 19.4 Å². The lowest BCUT2D eigenvalue weighted by molar-refractivity contribution is -0.156. The fourth-order valence-electron chi connectivity index (χ4n) is 2.34. The molecule has 4 heteroatoms. The molecule has 2 heterocycles. The number of likely N-dealkylation sites (tertiary alicyclic amines) is 1. The van der Waals surface area contributed by atoms with Crippen molar-refractivity contribution in [1.29, 1.82) is 0 Å². The lowest BCUT2D eigenvalue weighted by Gasteiger charge is -2.46. The van der Waals surface area contributed by atoms with Gasteiger partial charge < -0.3 is 15.3 Å². The maximum atomic E-state index is 11.8. The Morgan fingerprint density at radius 2 is 2.33 bits per heavy atom. The van der Waals surface area contributed by atoms with E-state index in [0.29, 0.717) is 25.6 Å². The normalized spacial score (nSPS) is 28.9. The van der Waals surface area contributed by atoms with Crippen LogP contribution in [0, 0.1) is 0 Å². The molecular weight excluding hydrogens is 192 g/mol. The van der Waals surface area contributed by atoms with Crippen molar-refractivity contribution in [3.63, 3.8) is 0 Å². The third-order valence-corrected chi connectivity index (χ3v) is 3.56. The van der Waals surface area contributed by atoms with Crippen LogP contribution in [0.1, 0.15) is 32.6 Å². The van der Waals surface area contributed by atoms with Crippen LogP contribution in [-0.2, 0) is 4.79 Å². The van der Waals surface area contributed by atoms with Crippen LogP contribution in [0.4, 0.5) is 0 Å². The van der Waals surface area contributed by atoms with Crippen molar-refractivity contribution in [3.8, 4) is 0 Å². The Labute approximate surface area is 90.6 Å². The van der Waals surface area contributed by atoms with Crippen LogP contribution in [0.2, 0.25) is 0 Å². The predicted molar refractivity (Wildman–Crippen MR) is 57.5 cm³/mol. The third kappa shape index (κ3) is 2.32. The van der Waals surface area contributed by atoms with Crippen LogP contribution >= 0.6 is 0 Å². The van der Waals surface area contributed by atoms with E-state index in [1.54, 1.807) is 4.90 Å². The average molecular weight is 212 g/mol. The number of aliphatic hydroxyl groups is 1. The van der Waals surface area contributed by atoms with E-state index in [1.807, 2.05) is 6.92 Å². The van der Waals surface area contributed by atoms with Gasteiger partial charge in [0.25, 0.3) is 0 Å². The molecular formula is C11H20N2O2. The standard InChI is InChI=1S/C11H20N2O2/c1-2-11(15)7-13(8-11)10(14)6-9-4-3-5-12-9/h9,12,15H,2-8H2,1H3. The molecule has 2 rings (SSSR count). The molecule has 0 spiro atoms. The number of carbonyl (C=O) groups excluding carboxylic acids is 1. The molecule has 0 aromatic heterocycles. The van der Waals surface area contributed by atoms with Gasteiger partial charge in [0.1, 0.15) is 0 Å². The summed E-state index contributed by atoms with van der Waals surface area (Å²) in [5.41, 5.74) is -0.598. The molecule has 2 aliphatic heterocycles. The smallest absolute Gasteiger partial charge is 0.224 e. The lowest BCUT2D eigenvalue weighted by Crippen LogP contribution is -2.63. The summed E-state index contributed by atoms with van der Waals surface area (Å²) in [4.78, 5) is 13.5. The van der Waals surface area contributed by atoms with Crippen molar-refractivity contribution in [2.45, 2.75) is 44.2 Å². The lowest BCUT2D eigenvalue weighted by atomic mass is 9.91. The van der Waals surface area contributed by atoms with Crippen LogP contribution in [0.15, 0.2) is 0 Å². The van der Waals surface area contributed by atoms with Gasteiger partial charge in [-0.1, -0.05) is 6.92 Å². The molecule has 0 bridgehead atoms. The van der Waals surface area contributed by atoms with Gasteiger partial charge in [0.05, 0.1) is 18.7 Å². The molecule has 0 saturated carbocycles. The van der Waals surface area contributed by atoms with Gasteiger partial charge in [-0.2, -0.15) is 0 Å². The Hall–Kier alpha value is -0.610. The predicted octanol–water partition coefficient (Wildman–Crippen LogP) is 0.112. The minimum atomic E-state index is -0.598. The zero-order valence-electron chi connectivity index (χ0n) is 9.33. The SMILES string of the molecule is CCC1(O)CN(C(=O)CC2CCCN2)C1. The van der Waals surface area contributed by atoms with Crippen LogP contribution in [0.25, 0.3) is 0 Å². The van der Waals surface area contributed by atoms with Crippen molar-refractivity contribution >= 4 is 5.91 Å². The Morgan fingerprint density at radius 3 is 2.87 bits per heavy atom. The minimum Gasteiger partial charge on any atom is -0.386 e. The van der Waals surface area contributed by atoms with Crippen LogP contribution in [0.3, 0.4) is 0 Å². The van der Waals surface area contributed by atoms with Crippen molar-refractivity contribution in [2.75, 3.05) is 19.6 Å². The molecule has 1 amide bonds. The summed E-state index contributed by atoms with van der Waals surface area (Å²) >= 11 is 0. The molecule has 2 aliphatic rings. The third-order valence-electron chi connectivity index (χ3n) is 3.56. The van der Waals surface area contributed by atoms with Gasteiger partial charge in [0, 0.05) is 12.5 Å². The van der Waals surface area contributed by atoms with Crippen LogP contribution in [-0.4, -0.2) is 47.2 Å². The molecule has 0 radical (unpaired) electrons. The van der Waals surface area contributed by atoms with E-state index in [4.69, 9.17) is 0 Å². The van der Waals surface area contributed by atoms with Gasteiger partial charge in [-0.15, -0.1) is 0 Å². The zero-order valence-corrected chi connectivity index (χ0v) is 9.33. The van der Waals surface area contributed by atoms with Crippen molar-refractivity contribution in [1.82, 2.24) is 10.2 Å². The first kappa shape index (κ1) is 10.9. The number of amides is 1. The largest absolute Gasteiger partial charge is 0.386 e. The van der Waals surface area contributed by atoms with E-state index in [9.17, 15) is 9.90 Å². The molecule has 1 unspecified atom stereocenters. The number of nitrogens with zero attached hydrogens (tertiary/aromatic N) is 1. The minimum absolute atomic E-state index is 0.188. The maximum Gasteiger partial charge on any atom is 0.224 e. The highest BCUT2D eigenvalue weighted by Gasteiger charge is 2.42. The molecule has 0 aromatic carbocycles. The zero-order chi connectivity index (χ0) is 10.9. The number of nitrogens with one attached hydrogen (secondary N) is 1. The Bertz CT molecular complexity index is 243. The number of β-amino-alcohol motifs (C(OH)–C–C–N with tert-alkyl or cyclic N) is 1. The second-order valence-electron chi connectivity index (χ2n) is 4.83. The fraction of sp³-hybridized carbons (Fsp3) is 0.909. The van der Waals surface area contributed by atoms with Crippen molar-refractivity contribution in [3.05, 3.63) is 0 Å². The first-order valence-electron chi connectivity index (χ1n) is 5.86. The second kappa shape index (κ2) is 4.10. The van der Waals surface area contributed by atoms with E-state index < -0.39 is 5.60 Å². The van der Waals surface area contributed by atoms with Gasteiger partial charge in [-0.05, 0) is 25.8 Å². The molecule has 2 saturated heterocycles. The molecule has 0 aliphatic carbocycles. The molecule has 1 atom stereocenters. The van der Waals surface area contributed by atoms with E-state index in [-0.39, 0.29) is 5.91 Å². The topological polar surface area (TPSA) is 52.6 Å². The van der Waals surface area contributed by atoms with Gasteiger partial charge in [-0.25, -0.2) is 0 Å². The van der Waals surface area contributed by atoms with Gasteiger partial charge >= 0.3 is 0 Å². The summed E-state index contributed by atoms with van der Waals surface area (Å²) in [5, 5.41) is 13.1. The number of carbonyl (C=O) groups is 1. The van der Waals surface area contributed by atoms with Crippen LogP contribution < -0.4 is 5.32 Å². The Balaban J connectivity index is 1.74. The summed E-state index contributed by atoms with van der Waals surface area (Å²) in [5.74, 6) is 0.188. The van der Waals surface area contributed by atoms with Gasteiger partial charge in [0.2, 0.25) is 5.91 Å². The molecule has 15 heavy (non-hydrogen) atoms. The quantitative estimate of drug-likeness (QED) is 0.698. The molecule has 4 nitrogen and oxygen atoms in total. The Morgan fingerprint density at radius 1 is 1.60 bits per heavy atom. The molecule has 2 N–H and O–H groups in total. The molecule has 86 valence electrons. The number of hydrogen-bond donors (Lipinski definition) is 2. The maximum absolute atomic E-state index is 11.8. The van der Waals surface area contributed by atoms with Crippen molar-refractivity contribution < 1.29 is 9.90 Å². The fourth-order valence-corrected chi connectivity index (χ4v) is 2.34. The number of hydrogen-bond acceptors (Lipinski definition) is 3. The van der Waals surface area contributed by atoms with Crippen molar-refractivity contribution in [2.24, 2.45) is 0 Å². The summed E-state index contributed by atoms with van der Waals surface area (Å²) in [6.07, 6.45) is 3.62. The van der Waals surface area contributed by atoms with E-state index in [2.05, 4.69) is 5.32 Å². The van der Waals surface area contributed by atoms with Gasteiger partial charge in [0.15, 0.2) is 0 Å². The first-order valence-corrected chi connectivity index (χ1v) is 5.86. The average Bonchev–Trinajstić information content (AvgIpc) is 2.65. The summed E-state index contributed by atoms with van der Waals surface area (Å²) < 4.78 is 0. The monoisotopic (exact) mass is 212 g/mol. The van der Waals surface area contributed by atoms with Gasteiger partial charge in [-0.3, -0.25) is 4.79 Å². The molecule has 0 aromatic rings. The first-order chi connectivity index (χ1) is 7.13. The molecule has 2 fully saturated rings. The van der Waals surface area contributed by atoms with E-state index >= 15 is 0 Å². The highest BCUT2D eigenvalue weighted by atomic mass is 16.3. The highest BCUT2D eigenvalue weighted by Crippen LogP contribution is 2.25. The summed E-state index contributed by atoms with van der Waals surface area (Å²) in [7, 11) is 0.